The number of amides is 1. The molecule has 0 aliphatic carbocycles. The highest BCUT2D eigenvalue weighted by molar-refractivity contribution is 5.67. The summed E-state index contributed by atoms with van der Waals surface area (Å²) < 4.78 is 5.38. The molecule has 1 fully saturated rings. The predicted molar refractivity (Wildman–Crippen MR) is 80.4 cm³/mol. The Morgan fingerprint density at radius 2 is 1.95 bits per heavy atom. The van der Waals surface area contributed by atoms with Crippen molar-refractivity contribution in [3.8, 4) is 0 Å². The summed E-state index contributed by atoms with van der Waals surface area (Å²) in [4.78, 5) is 13.9. The van der Waals surface area contributed by atoms with Crippen LogP contribution in [-0.4, -0.2) is 24.1 Å². The summed E-state index contributed by atoms with van der Waals surface area (Å²) in [5.74, 6) is 1.52. The summed E-state index contributed by atoms with van der Waals surface area (Å²) in [7, 11) is 0. The summed E-state index contributed by atoms with van der Waals surface area (Å²) in [5, 5.41) is 0. The van der Waals surface area contributed by atoms with Gasteiger partial charge in [0.05, 0.1) is 0 Å². The summed E-state index contributed by atoms with van der Waals surface area (Å²) in [6, 6.07) is 9.83. The molecule has 0 spiro atoms. The van der Waals surface area contributed by atoms with E-state index in [4.69, 9.17) is 4.74 Å². The zero-order valence-corrected chi connectivity index (χ0v) is 12.5. The van der Waals surface area contributed by atoms with Crippen LogP contribution in [0.2, 0.25) is 0 Å². The molecule has 1 amide bonds. The van der Waals surface area contributed by atoms with E-state index in [0.29, 0.717) is 6.61 Å². The molecule has 1 aromatic carbocycles. The van der Waals surface area contributed by atoms with E-state index in [-0.39, 0.29) is 6.09 Å². The van der Waals surface area contributed by atoms with Crippen LogP contribution < -0.4 is 0 Å². The molecule has 0 aromatic heterocycles. The maximum atomic E-state index is 12.0. The molecule has 20 heavy (non-hydrogen) atoms. The molecule has 0 saturated carbocycles. The molecule has 1 atom stereocenters. The van der Waals surface area contributed by atoms with Gasteiger partial charge in [-0.05, 0) is 30.2 Å². The van der Waals surface area contributed by atoms with Crippen LogP contribution in [0.1, 0.15) is 38.7 Å². The molecule has 0 radical (unpaired) electrons. The van der Waals surface area contributed by atoms with Crippen LogP contribution in [-0.2, 0) is 11.3 Å². The maximum Gasteiger partial charge on any atom is 0.410 e. The van der Waals surface area contributed by atoms with Gasteiger partial charge in [-0.15, -0.1) is 0 Å². The van der Waals surface area contributed by atoms with E-state index in [0.717, 1.165) is 43.3 Å². The zero-order chi connectivity index (χ0) is 14.4. The lowest BCUT2D eigenvalue weighted by atomic mass is 9.84. The van der Waals surface area contributed by atoms with Crippen LogP contribution in [0.25, 0.3) is 0 Å². The number of carbonyl (C=O) groups is 1. The standard InChI is InChI=1S/C17H25NO2/c1-3-14(2)16-9-11-18(12-10-16)17(19)20-13-15-7-5-4-6-8-15/h4-8,14,16H,3,9-13H2,1-2H3. The normalized spacial score (nSPS) is 17.8. The van der Waals surface area contributed by atoms with E-state index in [1.807, 2.05) is 35.2 Å². The van der Waals surface area contributed by atoms with Crippen LogP contribution in [0, 0.1) is 11.8 Å². The van der Waals surface area contributed by atoms with E-state index in [9.17, 15) is 4.79 Å². The van der Waals surface area contributed by atoms with Gasteiger partial charge in [0, 0.05) is 13.1 Å². The number of piperidine rings is 1. The van der Waals surface area contributed by atoms with Crippen LogP contribution in [0.4, 0.5) is 4.79 Å². The Labute approximate surface area is 121 Å². The molecule has 1 unspecified atom stereocenters. The molecule has 1 saturated heterocycles. The van der Waals surface area contributed by atoms with Crippen LogP contribution in [0.15, 0.2) is 30.3 Å². The SMILES string of the molecule is CCC(C)C1CCN(C(=O)OCc2ccccc2)CC1. The first kappa shape index (κ1) is 14.9. The molecule has 3 nitrogen and oxygen atoms in total. The number of nitrogens with zero attached hydrogens (tertiary/aromatic N) is 1. The Kier molecular flexibility index (Phi) is 5.45. The lowest BCUT2D eigenvalue weighted by Gasteiger charge is -2.34. The molecule has 2 rings (SSSR count). The third kappa shape index (κ3) is 3.99. The molecule has 1 aliphatic heterocycles. The minimum absolute atomic E-state index is 0.170. The number of hydrogen-bond donors (Lipinski definition) is 0. The van der Waals surface area contributed by atoms with Gasteiger partial charge in [0.2, 0.25) is 0 Å². The number of rotatable bonds is 4. The molecule has 1 aliphatic rings. The fraction of sp³-hybridized carbons (Fsp3) is 0.588. The summed E-state index contributed by atoms with van der Waals surface area (Å²) in [6.45, 7) is 6.59. The third-order valence-corrected chi connectivity index (χ3v) is 4.45. The van der Waals surface area contributed by atoms with Crippen molar-refractivity contribution < 1.29 is 9.53 Å². The third-order valence-electron chi connectivity index (χ3n) is 4.45. The highest BCUT2D eigenvalue weighted by atomic mass is 16.6. The minimum Gasteiger partial charge on any atom is -0.445 e. The second kappa shape index (κ2) is 7.32. The summed E-state index contributed by atoms with van der Waals surface area (Å²) in [6.07, 6.45) is 3.27. The Bertz CT molecular complexity index is 410. The Balaban J connectivity index is 1.75. The van der Waals surface area contributed by atoms with E-state index < -0.39 is 0 Å². The van der Waals surface area contributed by atoms with Gasteiger partial charge in [-0.1, -0.05) is 50.6 Å². The van der Waals surface area contributed by atoms with Crippen LogP contribution in [0.3, 0.4) is 0 Å². The van der Waals surface area contributed by atoms with Gasteiger partial charge in [0.15, 0.2) is 0 Å². The van der Waals surface area contributed by atoms with Crippen molar-refractivity contribution in [2.75, 3.05) is 13.1 Å². The fourth-order valence-corrected chi connectivity index (χ4v) is 2.79. The molecule has 1 aromatic rings. The summed E-state index contributed by atoms with van der Waals surface area (Å²) in [5.41, 5.74) is 1.04. The van der Waals surface area contributed by atoms with Gasteiger partial charge in [0.1, 0.15) is 6.61 Å². The highest BCUT2D eigenvalue weighted by Crippen LogP contribution is 2.27. The average Bonchev–Trinajstić information content (AvgIpc) is 2.53. The second-order valence-electron chi connectivity index (χ2n) is 5.75. The van der Waals surface area contributed by atoms with Gasteiger partial charge in [-0.25, -0.2) is 4.79 Å². The van der Waals surface area contributed by atoms with E-state index in [1.165, 1.54) is 6.42 Å². The number of carbonyl (C=O) groups excluding carboxylic acids is 1. The molecular weight excluding hydrogens is 250 g/mol. The van der Waals surface area contributed by atoms with E-state index in [1.54, 1.807) is 0 Å². The van der Waals surface area contributed by atoms with Crippen molar-refractivity contribution in [3.05, 3.63) is 35.9 Å². The summed E-state index contributed by atoms with van der Waals surface area (Å²) >= 11 is 0. The van der Waals surface area contributed by atoms with Crippen LogP contribution in [0.5, 0.6) is 0 Å². The Morgan fingerprint density at radius 3 is 2.55 bits per heavy atom. The van der Waals surface area contributed by atoms with E-state index in [2.05, 4.69) is 13.8 Å². The molecule has 0 bridgehead atoms. The largest absolute Gasteiger partial charge is 0.445 e. The lowest BCUT2D eigenvalue weighted by Crippen LogP contribution is -2.40. The predicted octanol–water partition coefficient (Wildman–Crippen LogP) is 4.08. The number of benzene rings is 1. The van der Waals surface area contributed by atoms with Crippen molar-refractivity contribution in [2.24, 2.45) is 11.8 Å². The first-order valence-electron chi connectivity index (χ1n) is 7.66. The monoisotopic (exact) mass is 275 g/mol. The van der Waals surface area contributed by atoms with Crippen molar-refractivity contribution in [3.63, 3.8) is 0 Å². The second-order valence-corrected chi connectivity index (χ2v) is 5.75. The number of likely N-dealkylation sites (tertiary alicyclic amines) is 1. The Morgan fingerprint density at radius 1 is 1.30 bits per heavy atom. The number of hydrogen-bond acceptors (Lipinski definition) is 2. The first-order chi connectivity index (χ1) is 9.70. The van der Waals surface area contributed by atoms with Crippen LogP contribution >= 0.6 is 0 Å². The Hall–Kier alpha value is -1.51. The van der Waals surface area contributed by atoms with Gasteiger partial charge in [0.25, 0.3) is 0 Å². The smallest absolute Gasteiger partial charge is 0.410 e. The van der Waals surface area contributed by atoms with E-state index >= 15 is 0 Å². The van der Waals surface area contributed by atoms with Gasteiger partial charge < -0.3 is 9.64 Å². The topological polar surface area (TPSA) is 29.5 Å². The molecule has 3 heteroatoms. The molecule has 1 heterocycles. The fourth-order valence-electron chi connectivity index (χ4n) is 2.79. The number of ether oxygens (including phenoxy) is 1. The average molecular weight is 275 g/mol. The maximum absolute atomic E-state index is 12.0. The van der Waals surface area contributed by atoms with Crippen molar-refractivity contribution in [2.45, 2.75) is 39.7 Å². The van der Waals surface area contributed by atoms with Crippen molar-refractivity contribution in [1.29, 1.82) is 0 Å². The van der Waals surface area contributed by atoms with Gasteiger partial charge >= 0.3 is 6.09 Å². The lowest BCUT2D eigenvalue weighted by molar-refractivity contribution is 0.0763. The van der Waals surface area contributed by atoms with Gasteiger partial charge in [-0.3, -0.25) is 0 Å². The van der Waals surface area contributed by atoms with Gasteiger partial charge in [-0.2, -0.15) is 0 Å². The molecule has 0 N–H and O–H groups in total. The van der Waals surface area contributed by atoms with Crippen molar-refractivity contribution in [1.82, 2.24) is 4.90 Å². The quantitative estimate of drug-likeness (QED) is 0.828. The molecule has 110 valence electrons. The highest BCUT2D eigenvalue weighted by Gasteiger charge is 2.26. The van der Waals surface area contributed by atoms with Crippen molar-refractivity contribution >= 4 is 6.09 Å². The minimum atomic E-state index is -0.170. The first-order valence-corrected chi connectivity index (χ1v) is 7.66. The zero-order valence-electron chi connectivity index (χ0n) is 12.5. The molecular formula is C17H25NO2.